The lowest BCUT2D eigenvalue weighted by Crippen LogP contribution is -2.25. The van der Waals surface area contributed by atoms with Gasteiger partial charge in [0.15, 0.2) is 0 Å². The lowest BCUT2D eigenvalue weighted by molar-refractivity contribution is -0.170. The highest BCUT2D eigenvalue weighted by Crippen LogP contribution is 2.21. The average molecular weight is 221 g/mol. The van der Waals surface area contributed by atoms with Crippen LogP contribution in [0.5, 0.6) is 0 Å². The summed E-state index contributed by atoms with van der Waals surface area (Å²) in [5, 5.41) is 0. The fraction of sp³-hybridized carbons (Fsp3) is 0.222. The van der Waals surface area contributed by atoms with E-state index in [1.165, 1.54) is 0 Å². The monoisotopic (exact) mass is 221 g/mol. The molecule has 0 aliphatic carbocycles. The molecule has 0 amide bonds. The zero-order valence-corrected chi connectivity index (χ0v) is 7.44. The fourth-order valence-corrected chi connectivity index (χ4v) is 1.00. The van der Waals surface area contributed by atoms with Crippen molar-refractivity contribution in [3.63, 3.8) is 0 Å². The van der Waals surface area contributed by atoms with Crippen LogP contribution in [0.2, 0.25) is 0 Å². The molecule has 0 atom stereocenters. The second-order valence-corrected chi connectivity index (χ2v) is 2.94. The zero-order chi connectivity index (χ0) is 11.6. The Labute approximate surface area is 82.7 Å². The summed E-state index contributed by atoms with van der Waals surface area (Å²) in [4.78, 5) is 10.6. The number of hydrogen-bond donors (Lipinski definition) is 1. The van der Waals surface area contributed by atoms with Gasteiger partial charge in [-0.15, -0.1) is 0 Å². The van der Waals surface area contributed by atoms with E-state index in [1.54, 1.807) is 0 Å². The van der Waals surface area contributed by atoms with Gasteiger partial charge in [0.05, 0.1) is 0 Å². The van der Waals surface area contributed by atoms with Crippen LogP contribution in [0, 0.1) is 5.82 Å². The van der Waals surface area contributed by atoms with Gasteiger partial charge in [-0.3, -0.25) is 4.79 Å². The molecule has 0 spiro atoms. The van der Waals surface area contributed by atoms with Crippen molar-refractivity contribution < 1.29 is 22.4 Å². The van der Waals surface area contributed by atoms with Gasteiger partial charge in [-0.05, 0) is 23.8 Å². The number of anilines is 1. The predicted octanol–water partition coefficient (Wildman–Crippen LogP) is 2.08. The smallest absolute Gasteiger partial charge is 0.398 e. The summed E-state index contributed by atoms with van der Waals surface area (Å²) in [6.45, 7) is 0. The molecule has 0 fully saturated rings. The molecule has 0 saturated heterocycles. The van der Waals surface area contributed by atoms with E-state index in [-0.39, 0.29) is 11.3 Å². The number of halogens is 4. The van der Waals surface area contributed by atoms with Gasteiger partial charge in [0, 0.05) is 12.1 Å². The van der Waals surface area contributed by atoms with Crippen LogP contribution in [0.1, 0.15) is 5.56 Å². The number of rotatable bonds is 2. The summed E-state index contributed by atoms with van der Waals surface area (Å²) in [7, 11) is 0. The molecule has 0 unspecified atom stereocenters. The molecule has 0 aliphatic rings. The van der Waals surface area contributed by atoms with Gasteiger partial charge in [0.1, 0.15) is 5.82 Å². The zero-order valence-electron chi connectivity index (χ0n) is 7.44. The quantitative estimate of drug-likeness (QED) is 0.613. The van der Waals surface area contributed by atoms with Crippen LogP contribution in [-0.2, 0) is 11.2 Å². The van der Waals surface area contributed by atoms with Crippen molar-refractivity contribution in [2.24, 2.45) is 0 Å². The first-order valence-corrected chi connectivity index (χ1v) is 3.94. The molecule has 0 heterocycles. The number of hydrogen-bond acceptors (Lipinski definition) is 2. The molecule has 2 nitrogen and oxygen atoms in total. The van der Waals surface area contributed by atoms with Gasteiger partial charge in [-0.1, -0.05) is 0 Å². The Hall–Kier alpha value is -1.59. The van der Waals surface area contributed by atoms with Crippen molar-refractivity contribution in [2.75, 3.05) is 5.73 Å². The fourth-order valence-electron chi connectivity index (χ4n) is 1.00. The number of alkyl halides is 3. The molecule has 0 bridgehead atoms. The highest BCUT2D eigenvalue weighted by molar-refractivity contribution is 5.87. The minimum absolute atomic E-state index is 0.0333. The van der Waals surface area contributed by atoms with Crippen LogP contribution in [0.25, 0.3) is 0 Å². The molecule has 0 aliphatic heterocycles. The molecule has 0 radical (unpaired) electrons. The van der Waals surface area contributed by atoms with Gasteiger partial charge in [-0.25, -0.2) is 4.39 Å². The van der Waals surface area contributed by atoms with Crippen molar-refractivity contribution >= 4 is 11.5 Å². The topological polar surface area (TPSA) is 43.1 Å². The summed E-state index contributed by atoms with van der Waals surface area (Å²) in [5.41, 5.74) is 5.11. The van der Waals surface area contributed by atoms with Crippen LogP contribution >= 0.6 is 0 Å². The van der Waals surface area contributed by atoms with Gasteiger partial charge >= 0.3 is 6.18 Å². The van der Waals surface area contributed by atoms with Crippen molar-refractivity contribution in [1.82, 2.24) is 0 Å². The van der Waals surface area contributed by atoms with Crippen LogP contribution in [0.4, 0.5) is 23.2 Å². The minimum atomic E-state index is -4.92. The number of Topliss-reactive ketones (excluding diaryl/α,β-unsaturated/α-hetero) is 1. The standard InChI is InChI=1S/C9H7F4NO/c10-6-1-2-7(14)5(3-6)4-8(15)9(11,12)13/h1-3H,4,14H2. The van der Waals surface area contributed by atoms with Gasteiger partial charge in [0.2, 0.25) is 5.78 Å². The maximum atomic E-state index is 12.6. The highest BCUT2D eigenvalue weighted by Gasteiger charge is 2.38. The second-order valence-electron chi connectivity index (χ2n) is 2.94. The Kier molecular flexibility index (Phi) is 2.97. The Morgan fingerprint density at radius 1 is 1.33 bits per heavy atom. The maximum Gasteiger partial charge on any atom is 0.450 e. The Bertz CT molecular complexity index is 386. The van der Waals surface area contributed by atoms with Crippen molar-refractivity contribution in [2.45, 2.75) is 12.6 Å². The average Bonchev–Trinajstić information content (AvgIpc) is 2.09. The predicted molar refractivity (Wildman–Crippen MR) is 45.6 cm³/mol. The summed E-state index contributed by atoms with van der Waals surface area (Å²) in [6, 6.07) is 2.95. The summed E-state index contributed by atoms with van der Waals surface area (Å²) in [5.74, 6) is -2.67. The van der Waals surface area contributed by atoms with Crippen molar-refractivity contribution in [3.8, 4) is 0 Å². The van der Waals surface area contributed by atoms with E-state index in [4.69, 9.17) is 5.73 Å². The van der Waals surface area contributed by atoms with E-state index < -0.39 is 24.2 Å². The Morgan fingerprint density at radius 3 is 2.47 bits per heavy atom. The second kappa shape index (κ2) is 3.88. The molecule has 6 heteroatoms. The van der Waals surface area contributed by atoms with Gasteiger partial charge in [0.25, 0.3) is 0 Å². The number of carbonyl (C=O) groups is 1. The van der Waals surface area contributed by atoms with E-state index in [9.17, 15) is 22.4 Å². The first-order chi connectivity index (χ1) is 6.80. The van der Waals surface area contributed by atoms with Crippen LogP contribution in [0.3, 0.4) is 0 Å². The third-order valence-electron chi connectivity index (χ3n) is 1.77. The van der Waals surface area contributed by atoms with E-state index >= 15 is 0 Å². The molecule has 1 aromatic rings. The lowest BCUT2D eigenvalue weighted by atomic mass is 10.1. The normalized spacial score (nSPS) is 11.5. The van der Waals surface area contributed by atoms with Crippen LogP contribution in [0.15, 0.2) is 18.2 Å². The molecule has 15 heavy (non-hydrogen) atoms. The Balaban J connectivity index is 2.90. The van der Waals surface area contributed by atoms with Crippen LogP contribution < -0.4 is 5.73 Å². The van der Waals surface area contributed by atoms with E-state index in [0.717, 1.165) is 18.2 Å². The van der Waals surface area contributed by atoms with Crippen molar-refractivity contribution in [3.05, 3.63) is 29.6 Å². The molecule has 1 rings (SSSR count). The molecule has 0 saturated carbocycles. The number of nitrogen functional groups attached to an aromatic ring is 1. The minimum Gasteiger partial charge on any atom is -0.398 e. The molecular formula is C9H7F4NO. The SMILES string of the molecule is Nc1ccc(F)cc1CC(=O)C(F)(F)F. The largest absolute Gasteiger partial charge is 0.450 e. The van der Waals surface area contributed by atoms with Crippen molar-refractivity contribution in [1.29, 1.82) is 0 Å². The summed E-state index contributed by atoms with van der Waals surface area (Å²) < 4.78 is 48.3. The number of ketones is 1. The number of carbonyl (C=O) groups excluding carboxylic acids is 1. The van der Waals surface area contributed by atoms with E-state index in [0.29, 0.717) is 0 Å². The lowest BCUT2D eigenvalue weighted by Gasteiger charge is -2.07. The van der Waals surface area contributed by atoms with E-state index in [1.807, 2.05) is 0 Å². The number of benzene rings is 1. The maximum absolute atomic E-state index is 12.6. The molecular weight excluding hydrogens is 214 g/mol. The van der Waals surface area contributed by atoms with E-state index in [2.05, 4.69) is 0 Å². The molecule has 2 N–H and O–H groups in total. The van der Waals surface area contributed by atoms with Crippen LogP contribution in [-0.4, -0.2) is 12.0 Å². The highest BCUT2D eigenvalue weighted by atomic mass is 19.4. The molecule has 1 aromatic carbocycles. The van der Waals surface area contributed by atoms with Gasteiger partial charge < -0.3 is 5.73 Å². The molecule has 82 valence electrons. The third-order valence-corrected chi connectivity index (χ3v) is 1.77. The molecule has 0 aromatic heterocycles. The van der Waals surface area contributed by atoms with Gasteiger partial charge in [-0.2, -0.15) is 13.2 Å². The number of nitrogens with two attached hydrogens (primary N) is 1. The first-order valence-electron chi connectivity index (χ1n) is 3.94. The first kappa shape index (κ1) is 11.5. The summed E-state index contributed by atoms with van der Waals surface area (Å²) in [6.07, 6.45) is -5.86. The summed E-state index contributed by atoms with van der Waals surface area (Å²) >= 11 is 0. The Morgan fingerprint density at radius 2 is 1.93 bits per heavy atom. The third kappa shape index (κ3) is 2.93.